The molecule has 1 aliphatic rings. The number of rotatable bonds is 4. The van der Waals surface area contributed by atoms with Gasteiger partial charge in [-0.2, -0.15) is 0 Å². The lowest BCUT2D eigenvalue weighted by Crippen LogP contribution is -2.39. The van der Waals surface area contributed by atoms with Gasteiger partial charge in [0.2, 0.25) is 0 Å². The molecule has 0 radical (unpaired) electrons. The normalized spacial score (nSPS) is 17.9. The standard InChI is InChI=1S/C11H20BrNO2/c1-2-3-8-15-11(14)13-6-4-10(9-12)5-7-13/h10H,2-9H2,1H3. The first kappa shape index (κ1) is 12.8. The van der Waals surface area contributed by atoms with Gasteiger partial charge in [-0.3, -0.25) is 0 Å². The molecule has 15 heavy (non-hydrogen) atoms. The van der Waals surface area contributed by atoms with Crippen LogP contribution in [-0.2, 0) is 4.74 Å². The van der Waals surface area contributed by atoms with Gasteiger partial charge in [-0.05, 0) is 25.2 Å². The van der Waals surface area contributed by atoms with Crippen molar-refractivity contribution in [2.45, 2.75) is 32.6 Å². The van der Waals surface area contributed by atoms with Crippen molar-refractivity contribution in [3.63, 3.8) is 0 Å². The quantitative estimate of drug-likeness (QED) is 0.584. The van der Waals surface area contributed by atoms with E-state index in [2.05, 4.69) is 22.9 Å². The van der Waals surface area contributed by atoms with E-state index in [4.69, 9.17) is 4.74 Å². The molecule has 1 saturated heterocycles. The van der Waals surface area contributed by atoms with E-state index >= 15 is 0 Å². The van der Waals surface area contributed by atoms with Crippen molar-refractivity contribution in [1.82, 2.24) is 4.90 Å². The first-order valence-corrected chi connectivity index (χ1v) is 6.87. The third-order valence-corrected chi connectivity index (χ3v) is 3.73. The van der Waals surface area contributed by atoms with Gasteiger partial charge in [0, 0.05) is 18.4 Å². The Labute approximate surface area is 100 Å². The predicted molar refractivity (Wildman–Crippen MR) is 64.3 cm³/mol. The smallest absolute Gasteiger partial charge is 0.409 e. The maximum atomic E-state index is 11.6. The van der Waals surface area contributed by atoms with Crippen LogP contribution < -0.4 is 0 Å². The van der Waals surface area contributed by atoms with Gasteiger partial charge in [0.1, 0.15) is 0 Å². The number of carbonyl (C=O) groups is 1. The molecule has 1 fully saturated rings. The molecule has 1 rings (SSSR count). The summed E-state index contributed by atoms with van der Waals surface area (Å²) in [6.45, 7) is 4.35. The largest absolute Gasteiger partial charge is 0.449 e. The summed E-state index contributed by atoms with van der Waals surface area (Å²) in [5.74, 6) is 0.727. The van der Waals surface area contributed by atoms with Gasteiger partial charge in [-0.15, -0.1) is 0 Å². The number of unbranched alkanes of at least 4 members (excludes halogenated alkanes) is 1. The molecule has 0 N–H and O–H groups in total. The molecule has 1 heterocycles. The summed E-state index contributed by atoms with van der Waals surface area (Å²) >= 11 is 3.48. The monoisotopic (exact) mass is 277 g/mol. The Bertz CT molecular complexity index is 191. The van der Waals surface area contributed by atoms with E-state index in [0.29, 0.717) is 6.61 Å². The van der Waals surface area contributed by atoms with Crippen molar-refractivity contribution >= 4 is 22.0 Å². The van der Waals surface area contributed by atoms with Crippen LogP contribution in [0.5, 0.6) is 0 Å². The van der Waals surface area contributed by atoms with Crippen LogP contribution in [0.15, 0.2) is 0 Å². The minimum Gasteiger partial charge on any atom is -0.449 e. The number of alkyl halides is 1. The van der Waals surface area contributed by atoms with Crippen molar-refractivity contribution in [2.75, 3.05) is 25.0 Å². The maximum Gasteiger partial charge on any atom is 0.409 e. The maximum absolute atomic E-state index is 11.6. The fraction of sp³-hybridized carbons (Fsp3) is 0.909. The number of hydrogen-bond acceptors (Lipinski definition) is 2. The fourth-order valence-corrected chi connectivity index (χ4v) is 2.31. The summed E-state index contributed by atoms with van der Waals surface area (Å²) in [5, 5.41) is 1.05. The highest BCUT2D eigenvalue weighted by Gasteiger charge is 2.22. The van der Waals surface area contributed by atoms with Crippen LogP contribution in [0.3, 0.4) is 0 Å². The number of nitrogens with zero attached hydrogens (tertiary/aromatic N) is 1. The molecular formula is C11H20BrNO2. The van der Waals surface area contributed by atoms with Crippen molar-refractivity contribution in [2.24, 2.45) is 5.92 Å². The van der Waals surface area contributed by atoms with Crippen LogP contribution in [0, 0.1) is 5.92 Å². The van der Waals surface area contributed by atoms with E-state index in [1.54, 1.807) is 0 Å². The fourth-order valence-electron chi connectivity index (χ4n) is 1.66. The first-order chi connectivity index (χ1) is 7.27. The highest BCUT2D eigenvalue weighted by atomic mass is 79.9. The molecule has 0 aromatic rings. The molecule has 0 aromatic carbocycles. The molecule has 1 amide bonds. The second-order valence-corrected chi connectivity index (χ2v) is 4.70. The van der Waals surface area contributed by atoms with Gasteiger partial charge in [-0.1, -0.05) is 29.3 Å². The highest BCUT2D eigenvalue weighted by molar-refractivity contribution is 9.09. The van der Waals surface area contributed by atoms with E-state index in [1.165, 1.54) is 0 Å². The van der Waals surface area contributed by atoms with E-state index in [0.717, 1.165) is 50.0 Å². The zero-order valence-electron chi connectivity index (χ0n) is 9.38. The Morgan fingerprint density at radius 3 is 2.67 bits per heavy atom. The van der Waals surface area contributed by atoms with E-state index in [1.807, 2.05) is 4.90 Å². The molecule has 4 heteroatoms. The first-order valence-electron chi connectivity index (χ1n) is 5.75. The van der Waals surface area contributed by atoms with Gasteiger partial charge >= 0.3 is 6.09 Å². The van der Waals surface area contributed by atoms with Crippen molar-refractivity contribution in [3.05, 3.63) is 0 Å². The molecule has 1 aliphatic heterocycles. The minimum absolute atomic E-state index is 0.128. The van der Waals surface area contributed by atoms with Crippen LogP contribution in [0.4, 0.5) is 4.79 Å². The Hall–Kier alpha value is -0.250. The van der Waals surface area contributed by atoms with Gasteiger partial charge in [-0.25, -0.2) is 4.79 Å². The Morgan fingerprint density at radius 2 is 2.13 bits per heavy atom. The second kappa shape index (κ2) is 7.09. The molecular weight excluding hydrogens is 258 g/mol. The lowest BCUT2D eigenvalue weighted by molar-refractivity contribution is 0.0885. The molecule has 0 aliphatic carbocycles. The minimum atomic E-state index is -0.128. The van der Waals surface area contributed by atoms with Crippen LogP contribution in [0.25, 0.3) is 0 Å². The lowest BCUT2D eigenvalue weighted by Gasteiger charge is -2.30. The summed E-state index contributed by atoms with van der Waals surface area (Å²) in [6.07, 6.45) is 4.08. The van der Waals surface area contributed by atoms with Crippen LogP contribution in [-0.4, -0.2) is 36.0 Å². The van der Waals surface area contributed by atoms with Crippen molar-refractivity contribution in [1.29, 1.82) is 0 Å². The van der Waals surface area contributed by atoms with Crippen molar-refractivity contribution < 1.29 is 9.53 Å². The number of hydrogen-bond donors (Lipinski definition) is 0. The van der Waals surface area contributed by atoms with E-state index in [-0.39, 0.29) is 6.09 Å². The topological polar surface area (TPSA) is 29.5 Å². The highest BCUT2D eigenvalue weighted by Crippen LogP contribution is 2.19. The number of carbonyl (C=O) groups excluding carboxylic acids is 1. The third-order valence-electron chi connectivity index (χ3n) is 2.81. The Morgan fingerprint density at radius 1 is 1.47 bits per heavy atom. The molecule has 0 bridgehead atoms. The predicted octanol–water partition coefficient (Wildman–Crippen LogP) is 3.03. The van der Waals surface area contributed by atoms with Crippen molar-refractivity contribution in [3.8, 4) is 0 Å². The van der Waals surface area contributed by atoms with Gasteiger partial charge in [0.15, 0.2) is 0 Å². The number of ether oxygens (including phenoxy) is 1. The molecule has 0 atom stereocenters. The molecule has 88 valence electrons. The van der Waals surface area contributed by atoms with Crippen LogP contribution in [0.1, 0.15) is 32.6 Å². The van der Waals surface area contributed by atoms with E-state index in [9.17, 15) is 4.79 Å². The summed E-state index contributed by atoms with van der Waals surface area (Å²) < 4.78 is 5.17. The van der Waals surface area contributed by atoms with Crippen LogP contribution in [0.2, 0.25) is 0 Å². The average Bonchev–Trinajstić information content (AvgIpc) is 2.29. The second-order valence-electron chi connectivity index (χ2n) is 4.05. The SMILES string of the molecule is CCCCOC(=O)N1CCC(CBr)CC1. The van der Waals surface area contributed by atoms with Gasteiger partial charge in [0.25, 0.3) is 0 Å². The lowest BCUT2D eigenvalue weighted by atomic mass is 10.00. The summed E-state index contributed by atoms with van der Waals surface area (Å²) in [7, 11) is 0. The number of piperidine rings is 1. The number of likely N-dealkylation sites (tertiary alicyclic amines) is 1. The Kier molecular flexibility index (Phi) is 6.06. The van der Waals surface area contributed by atoms with Gasteiger partial charge in [0.05, 0.1) is 6.61 Å². The zero-order valence-corrected chi connectivity index (χ0v) is 11.0. The molecule has 0 spiro atoms. The molecule has 0 saturated carbocycles. The number of amides is 1. The van der Waals surface area contributed by atoms with E-state index < -0.39 is 0 Å². The molecule has 3 nitrogen and oxygen atoms in total. The van der Waals surface area contributed by atoms with Gasteiger partial charge < -0.3 is 9.64 Å². The summed E-state index contributed by atoms with van der Waals surface area (Å²) in [5.41, 5.74) is 0. The number of halogens is 1. The molecule has 0 unspecified atom stereocenters. The van der Waals surface area contributed by atoms with Crippen LogP contribution >= 0.6 is 15.9 Å². The molecule has 0 aromatic heterocycles. The third kappa shape index (κ3) is 4.41. The average molecular weight is 278 g/mol. The zero-order chi connectivity index (χ0) is 11.1. The Balaban J connectivity index is 2.18. The summed E-state index contributed by atoms with van der Waals surface area (Å²) in [6, 6.07) is 0. The summed E-state index contributed by atoms with van der Waals surface area (Å²) in [4.78, 5) is 13.4.